The van der Waals surface area contributed by atoms with E-state index in [9.17, 15) is 18.0 Å². The number of rotatable bonds is 4. The standard InChI is InChI=1S/C18H30N2O.C17H29N2O3PS/c1-4-12-10-19-11-14(12)16(21)20-8-7-18-6-5-13(9-15(18)20)17(18,2)3;1-4-11-8-18(23)9-13(11)15(20)19-14-7-12-5-6-17(14,16(12,2)3)10-24(19,21)22/h12-15,19H,4-11H2,1-3H3;11-14H,4-10,23H2,1-3H3/t12-,13?,14+,15+,18+;11-,12?,13+,14+,17+/m11/s1. The van der Waals surface area contributed by atoms with E-state index in [0.29, 0.717) is 41.2 Å². The second kappa shape index (κ2) is 10.9. The first-order valence-corrected chi connectivity index (χ1v) is 20.3. The van der Waals surface area contributed by atoms with Crippen LogP contribution in [0.4, 0.5) is 0 Å². The van der Waals surface area contributed by atoms with Gasteiger partial charge in [-0.2, -0.15) is 0 Å². The first-order valence-electron chi connectivity index (χ1n) is 18.2. The van der Waals surface area contributed by atoms with Crippen molar-refractivity contribution in [3.8, 4) is 0 Å². The van der Waals surface area contributed by atoms with Crippen LogP contribution < -0.4 is 5.32 Å². The molecule has 4 aliphatic carbocycles. The maximum absolute atomic E-state index is 13.3. The number of sulfonamides is 1. The molecule has 10 heteroatoms. The van der Waals surface area contributed by atoms with Crippen molar-refractivity contribution in [1.29, 1.82) is 0 Å². The Balaban J connectivity index is 0.000000146. The van der Waals surface area contributed by atoms with Gasteiger partial charge >= 0.3 is 0 Å². The third-order valence-corrected chi connectivity index (χ3v) is 18.3. The van der Waals surface area contributed by atoms with Crippen LogP contribution in [0.25, 0.3) is 0 Å². The Morgan fingerprint density at radius 3 is 2.04 bits per heavy atom. The second-order valence-electron chi connectivity index (χ2n) is 17.6. The highest BCUT2D eigenvalue weighted by Gasteiger charge is 2.73. The number of amides is 2. The average molecular weight is 663 g/mol. The molecule has 4 heterocycles. The fourth-order valence-electron chi connectivity index (χ4n) is 12.8. The summed E-state index contributed by atoms with van der Waals surface area (Å²) in [5, 5.41) is 3.44. The molecular formula is C35H59N4O4PS. The van der Waals surface area contributed by atoms with Gasteiger partial charge in [-0.05, 0) is 91.4 Å². The van der Waals surface area contributed by atoms with Crippen LogP contribution in [0.5, 0.6) is 0 Å². The molecule has 11 atom stereocenters. The molecule has 3 unspecified atom stereocenters. The van der Waals surface area contributed by atoms with Crippen molar-refractivity contribution in [2.75, 3.05) is 38.5 Å². The summed E-state index contributed by atoms with van der Waals surface area (Å²) in [6.07, 6.45) is 10.3. The molecule has 0 radical (unpaired) electrons. The predicted molar refractivity (Wildman–Crippen MR) is 180 cm³/mol. The van der Waals surface area contributed by atoms with Gasteiger partial charge in [0.05, 0.1) is 23.6 Å². The van der Waals surface area contributed by atoms with Crippen LogP contribution in [0.1, 0.15) is 99.3 Å². The molecule has 8 rings (SSSR count). The van der Waals surface area contributed by atoms with E-state index in [-0.39, 0.29) is 46.3 Å². The van der Waals surface area contributed by atoms with E-state index in [1.807, 2.05) is 0 Å². The SMILES string of the molecule is CC[C@@H]1CN(P)C[C@@H]1C(=O)N1[C@H]2CC3CC[C@@]2(CS1(=O)=O)C3(C)C.CC[C@@H]1CNC[C@@H]1C(=O)N1CC[C@@]23CCC(C[C@H]12)C3(C)C. The molecule has 254 valence electrons. The summed E-state index contributed by atoms with van der Waals surface area (Å²) in [5.74, 6) is 2.79. The van der Waals surface area contributed by atoms with Gasteiger partial charge in [-0.25, -0.2) is 12.7 Å². The van der Waals surface area contributed by atoms with E-state index >= 15 is 0 Å². The van der Waals surface area contributed by atoms with Gasteiger partial charge in [0, 0.05) is 37.6 Å². The fourth-order valence-corrected chi connectivity index (χ4v) is 15.9. The lowest BCUT2D eigenvalue weighted by Crippen LogP contribution is -2.47. The number of carbonyl (C=O) groups excluding carboxylic acids is 2. The van der Waals surface area contributed by atoms with Gasteiger partial charge in [-0.3, -0.25) is 14.3 Å². The molecule has 4 saturated carbocycles. The zero-order chi connectivity index (χ0) is 32.3. The maximum atomic E-state index is 13.3. The van der Waals surface area contributed by atoms with Crippen molar-refractivity contribution in [3.05, 3.63) is 0 Å². The van der Waals surface area contributed by atoms with Gasteiger partial charge in [0.2, 0.25) is 21.8 Å². The van der Waals surface area contributed by atoms with Crippen LogP contribution >= 0.6 is 9.39 Å². The van der Waals surface area contributed by atoms with Crippen LogP contribution in [0, 0.1) is 57.2 Å². The topological polar surface area (TPSA) is 90.0 Å². The van der Waals surface area contributed by atoms with E-state index in [1.165, 1.54) is 30.0 Å². The molecule has 1 N–H and O–H groups in total. The van der Waals surface area contributed by atoms with Crippen molar-refractivity contribution in [1.82, 2.24) is 19.2 Å². The quantitative estimate of drug-likeness (QED) is 0.437. The maximum Gasteiger partial charge on any atom is 0.241 e. The Morgan fingerprint density at radius 2 is 1.42 bits per heavy atom. The largest absolute Gasteiger partial charge is 0.339 e. The Morgan fingerprint density at radius 1 is 0.800 bits per heavy atom. The number of hydrogen-bond acceptors (Lipinski definition) is 6. The van der Waals surface area contributed by atoms with E-state index in [0.717, 1.165) is 64.2 Å². The Labute approximate surface area is 274 Å². The van der Waals surface area contributed by atoms with Crippen LogP contribution in [0.3, 0.4) is 0 Å². The first-order chi connectivity index (χ1) is 21.1. The summed E-state index contributed by atoms with van der Waals surface area (Å²) in [4.78, 5) is 28.8. The molecule has 45 heavy (non-hydrogen) atoms. The smallest absolute Gasteiger partial charge is 0.241 e. The zero-order valence-corrected chi connectivity index (χ0v) is 30.7. The number of hydrogen-bond donors (Lipinski definition) is 1. The number of likely N-dealkylation sites (tertiary alicyclic amines) is 1. The minimum atomic E-state index is -3.49. The average Bonchev–Trinajstić information content (AvgIpc) is 3.84. The molecule has 8 fully saturated rings. The molecule has 4 saturated heterocycles. The molecule has 4 bridgehead atoms. The highest BCUT2D eigenvalue weighted by Crippen LogP contribution is 2.71. The molecule has 2 amide bonds. The highest BCUT2D eigenvalue weighted by atomic mass is 32.2. The van der Waals surface area contributed by atoms with Gasteiger partial charge in [-0.15, -0.1) is 0 Å². The van der Waals surface area contributed by atoms with Crippen molar-refractivity contribution >= 4 is 31.2 Å². The number of carbonyl (C=O) groups is 2. The summed E-state index contributed by atoms with van der Waals surface area (Å²) in [6.45, 7) is 18.2. The summed E-state index contributed by atoms with van der Waals surface area (Å²) in [6, 6.07) is 0.455. The monoisotopic (exact) mass is 662 g/mol. The Hall–Kier alpha value is -0.760. The summed E-state index contributed by atoms with van der Waals surface area (Å²) in [7, 11) is -0.815. The molecule has 8 aliphatic rings. The van der Waals surface area contributed by atoms with Crippen LogP contribution in [-0.2, 0) is 19.6 Å². The zero-order valence-electron chi connectivity index (χ0n) is 28.7. The predicted octanol–water partition coefficient (Wildman–Crippen LogP) is 4.76. The molecule has 0 aromatic heterocycles. The minimum Gasteiger partial charge on any atom is -0.339 e. The second-order valence-corrected chi connectivity index (χ2v) is 20.1. The van der Waals surface area contributed by atoms with Gasteiger partial charge in [0.1, 0.15) is 0 Å². The fraction of sp³-hybridized carbons (Fsp3) is 0.943. The van der Waals surface area contributed by atoms with Gasteiger partial charge < -0.3 is 10.2 Å². The highest BCUT2D eigenvalue weighted by molar-refractivity contribution is 7.90. The van der Waals surface area contributed by atoms with Crippen LogP contribution in [0.15, 0.2) is 0 Å². The summed E-state index contributed by atoms with van der Waals surface area (Å²) in [5.41, 5.74) is 0.700. The van der Waals surface area contributed by atoms with E-state index in [1.54, 1.807) is 0 Å². The lowest BCUT2D eigenvalue weighted by molar-refractivity contribution is -0.138. The molecule has 0 aromatic carbocycles. The molecule has 4 aliphatic heterocycles. The van der Waals surface area contributed by atoms with Crippen molar-refractivity contribution in [3.63, 3.8) is 0 Å². The first kappa shape index (κ1) is 32.8. The van der Waals surface area contributed by atoms with Crippen LogP contribution in [-0.4, -0.2) is 84.7 Å². The van der Waals surface area contributed by atoms with Crippen molar-refractivity contribution < 1.29 is 18.0 Å². The van der Waals surface area contributed by atoms with E-state index < -0.39 is 10.0 Å². The lowest BCUT2D eigenvalue weighted by atomic mass is 9.67. The number of fused-ring (bicyclic) bond motifs is 2. The van der Waals surface area contributed by atoms with Crippen LogP contribution in [0.2, 0.25) is 0 Å². The van der Waals surface area contributed by atoms with E-state index in [4.69, 9.17) is 0 Å². The minimum absolute atomic E-state index is 0.0201. The summed E-state index contributed by atoms with van der Waals surface area (Å²) < 4.78 is 29.5. The Kier molecular flexibility index (Phi) is 7.92. The van der Waals surface area contributed by atoms with Gasteiger partial charge in [0.15, 0.2) is 0 Å². The molecule has 0 aromatic rings. The molecule has 2 spiro atoms. The van der Waals surface area contributed by atoms with Gasteiger partial charge in [0.25, 0.3) is 0 Å². The molecule has 8 nitrogen and oxygen atoms in total. The number of nitrogens with one attached hydrogen (secondary N) is 1. The van der Waals surface area contributed by atoms with Crippen molar-refractivity contribution in [2.45, 2.75) is 111 Å². The molecular weight excluding hydrogens is 603 g/mol. The van der Waals surface area contributed by atoms with Gasteiger partial charge in [-0.1, -0.05) is 63.8 Å². The summed E-state index contributed by atoms with van der Waals surface area (Å²) >= 11 is 0. The number of nitrogens with zero attached hydrogens (tertiary/aromatic N) is 3. The normalized spacial score (nSPS) is 46.4. The van der Waals surface area contributed by atoms with E-state index in [2.05, 4.69) is 65.8 Å². The third kappa shape index (κ3) is 4.40. The third-order valence-electron chi connectivity index (χ3n) is 16.0. The Bertz CT molecular complexity index is 1340. The van der Waals surface area contributed by atoms with Crippen molar-refractivity contribution in [2.24, 2.45) is 57.2 Å². The lowest BCUT2D eigenvalue weighted by Gasteiger charge is -2.39.